The molecule has 0 heterocycles. The number of phosphoric ester groups is 1. The Hall–Kier alpha value is -2.81. The highest BCUT2D eigenvalue weighted by atomic mass is 31.2. The zero-order chi connectivity index (χ0) is 61.2. The first kappa shape index (κ1) is 81.2. The van der Waals surface area contributed by atoms with Crippen molar-refractivity contribution in [2.45, 2.75) is 328 Å². The molecule has 0 aliphatic rings. The van der Waals surface area contributed by atoms with Gasteiger partial charge in [-0.1, -0.05) is 304 Å². The monoisotopic (exact) mass is 1200 g/mol. The third kappa shape index (κ3) is 68.3. The number of quaternary nitrogens is 1. The summed E-state index contributed by atoms with van der Waals surface area (Å²) in [5.41, 5.74) is 0. The number of ether oxygens (including phenoxy) is 2. The Morgan fingerprint density at radius 2 is 0.679 bits per heavy atom. The molecule has 0 aliphatic heterocycles. The molecule has 10 heteroatoms. The lowest BCUT2D eigenvalue weighted by Gasteiger charge is -2.24. The molecular weight excluding hydrogens is 1060 g/mol. The van der Waals surface area contributed by atoms with Crippen LogP contribution in [0.2, 0.25) is 0 Å². The Morgan fingerprint density at radius 3 is 1.02 bits per heavy atom. The van der Waals surface area contributed by atoms with Crippen LogP contribution in [0.4, 0.5) is 0 Å². The maximum atomic E-state index is 12.9. The predicted octanol–water partition coefficient (Wildman–Crippen LogP) is 22.9. The molecule has 0 rings (SSSR count). The number of carbonyl (C=O) groups excluding carboxylic acids is 2. The lowest BCUT2D eigenvalue weighted by molar-refractivity contribution is -0.870. The third-order valence-corrected chi connectivity index (χ3v) is 16.4. The van der Waals surface area contributed by atoms with Crippen molar-refractivity contribution >= 4 is 19.8 Å². The first-order valence-corrected chi connectivity index (χ1v) is 36.8. The van der Waals surface area contributed by atoms with Gasteiger partial charge in [-0.05, 0) is 89.9 Å². The number of likely N-dealkylation sites (N-methyl/N-ethyl adjacent to an activating group) is 1. The lowest BCUT2D eigenvalue weighted by Crippen LogP contribution is -2.37. The molecule has 0 radical (unpaired) electrons. The van der Waals surface area contributed by atoms with E-state index in [9.17, 15) is 19.0 Å². The third-order valence-electron chi connectivity index (χ3n) is 15.4. The van der Waals surface area contributed by atoms with Gasteiger partial charge in [-0.25, -0.2) is 4.57 Å². The smallest absolute Gasteiger partial charge is 0.462 e. The summed E-state index contributed by atoms with van der Waals surface area (Å²) in [6, 6.07) is 0. The zero-order valence-electron chi connectivity index (χ0n) is 55.6. The van der Waals surface area contributed by atoms with E-state index in [1.807, 2.05) is 21.1 Å². The van der Waals surface area contributed by atoms with Crippen LogP contribution in [0.1, 0.15) is 322 Å². The van der Waals surface area contributed by atoms with Gasteiger partial charge in [0.2, 0.25) is 0 Å². The predicted molar refractivity (Wildman–Crippen MR) is 362 cm³/mol. The fraction of sp³-hybridized carbons (Fsp3) is 0.784. The largest absolute Gasteiger partial charge is 0.472 e. The number of allylic oxidation sites excluding steroid dienone is 14. The van der Waals surface area contributed by atoms with Crippen LogP contribution >= 0.6 is 7.82 Å². The minimum Gasteiger partial charge on any atom is -0.462 e. The van der Waals surface area contributed by atoms with Crippen LogP contribution in [-0.4, -0.2) is 74.9 Å². The highest BCUT2D eigenvalue weighted by Crippen LogP contribution is 2.43. The number of esters is 2. The number of rotatable bonds is 65. The molecule has 0 bridgehead atoms. The molecule has 0 aromatic heterocycles. The Bertz CT molecular complexity index is 1690. The number of hydrogen-bond acceptors (Lipinski definition) is 7. The van der Waals surface area contributed by atoms with Gasteiger partial charge >= 0.3 is 19.8 Å². The van der Waals surface area contributed by atoms with Gasteiger partial charge in [0.15, 0.2) is 6.10 Å². The van der Waals surface area contributed by atoms with Crippen LogP contribution in [0.25, 0.3) is 0 Å². The topological polar surface area (TPSA) is 108 Å². The number of nitrogens with zero attached hydrogens (tertiary/aromatic N) is 1. The highest BCUT2D eigenvalue weighted by Gasteiger charge is 2.27. The van der Waals surface area contributed by atoms with Crippen LogP contribution < -0.4 is 0 Å². The van der Waals surface area contributed by atoms with E-state index in [0.29, 0.717) is 17.4 Å². The van der Waals surface area contributed by atoms with Gasteiger partial charge in [0, 0.05) is 12.8 Å². The second-order valence-corrected chi connectivity index (χ2v) is 26.3. The van der Waals surface area contributed by atoms with Crippen LogP contribution in [0, 0.1) is 0 Å². The number of phosphoric acid groups is 1. The van der Waals surface area contributed by atoms with Crippen molar-refractivity contribution in [1.29, 1.82) is 0 Å². The van der Waals surface area contributed by atoms with E-state index in [0.717, 1.165) is 77.0 Å². The van der Waals surface area contributed by atoms with Gasteiger partial charge in [0.25, 0.3) is 0 Å². The fourth-order valence-electron chi connectivity index (χ4n) is 10.0. The summed E-state index contributed by atoms with van der Waals surface area (Å²) in [5.74, 6) is -0.789. The fourth-order valence-corrected chi connectivity index (χ4v) is 10.8. The molecular formula is C74H135NO8P+. The van der Waals surface area contributed by atoms with Crippen LogP contribution in [-0.2, 0) is 32.7 Å². The van der Waals surface area contributed by atoms with Gasteiger partial charge < -0.3 is 18.9 Å². The average molecular weight is 1200 g/mol. The summed E-state index contributed by atoms with van der Waals surface area (Å²) in [5, 5.41) is 0. The van der Waals surface area contributed by atoms with E-state index in [1.54, 1.807) is 0 Å². The maximum absolute atomic E-state index is 12.9. The number of carbonyl (C=O) groups is 2. The Morgan fingerprint density at radius 1 is 0.381 bits per heavy atom. The van der Waals surface area contributed by atoms with Gasteiger partial charge in [0.1, 0.15) is 19.8 Å². The van der Waals surface area contributed by atoms with E-state index in [1.165, 1.54) is 212 Å². The summed E-state index contributed by atoms with van der Waals surface area (Å²) in [7, 11) is 1.48. The summed E-state index contributed by atoms with van der Waals surface area (Å²) < 4.78 is 34.7. The zero-order valence-corrected chi connectivity index (χ0v) is 56.5. The first-order chi connectivity index (χ1) is 41.0. The van der Waals surface area contributed by atoms with Gasteiger partial charge in [-0.3, -0.25) is 18.6 Å². The number of unbranched alkanes of at least 4 members (excludes halogenated alkanes) is 37. The Kier molecular flexibility index (Phi) is 62.5. The molecule has 0 spiro atoms. The Labute approximate surface area is 520 Å². The lowest BCUT2D eigenvalue weighted by atomic mass is 10.0. The summed E-state index contributed by atoms with van der Waals surface area (Å²) in [4.78, 5) is 35.9. The Balaban J connectivity index is 4.04. The molecule has 488 valence electrons. The molecule has 9 nitrogen and oxygen atoms in total. The van der Waals surface area contributed by atoms with Crippen LogP contribution in [0.3, 0.4) is 0 Å². The van der Waals surface area contributed by atoms with Crippen molar-refractivity contribution in [2.75, 3.05) is 47.5 Å². The SMILES string of the molecule is CC/C=C\C/C=C\C/C=C\C/C=C\C/C=C\C/C=C\CCCCCCCCCCCCCCC(=O)OC(COC(=O)CCCCCCCCCCCCCCCCCCC/C=C\CCCCCCCCCC)COP(=O)(O)OCC[N+](C)(C)C. The van der Waals surface area contributed by atoms with Gasteiger partial charge in [-0.15, -0.1) is 0 Å². The van der Waals surface area contributed by atoms with E-state index in [-0.39, 0.29) is 32.0 Å². The van der Waals surface area contributed by atoms with Gasteiger partial charge in [0.05, 0.1) is 27.7 Å². The summed E-state index contributed by atoms with van der Waals surface area (Å²) in [6.07, 6.45) is 88.3. The molecule has 0 fully saturated rings. The quantitative estimate of drug-likeness (QED) is 0.0211. The molecule has 0 aromatic rings. The van der Waals surface area contributed by atoms with Crippen molar-refractivity contribution in [3.05, 3.63) is 85.1 Å². The molecule has 0 saturated carbocycles. The highest BCUT2D eigenvalue weighted by molar-refractivity contribution is 7.47. The van der Waals surface area contributed by atoms with E-state index < -0.39 is 26.5 Å². The normalized spacial score (nSPS) is 13.6. The first-order valence-electron chi connectivity index (χ1n) is 35.3. The molecule has 0 saturated heterocycles. The molecule has 0 aromatic carbocycles. The van der Waals surface area contributed by atoms with Crippen LogP contribution in [0.15, 0.2) is 85.1 Å². The van der Waals surface area contributed by atoms with Crippen molar-refractivity contribution < 1.29 is 42.1 Å². The summed E-state index contributed by atoms with van der Waals surface area (Å²) in [6.45, 7) is 4.36. The standard InChI is InChI=1S/C74H134NO8P/c1-6-8-10-12-14-16-18-20-22-24-26-28-30-32-34-36-37-39-41-43-45-47-49-51-53-55-57-59-61-63-65-67-74(77)83-72(71-82-84(78,79)81-69-68-75(3,4)5)70-80-73(76)66-64-62-60-58-56-54-52-50-48-46-44-42-40-38-35-33-31-29-27-25-23-21-19-17-15-13-11-9-7-2/h8,10,14,16,20,22,25-28,32,34,37,39,72H,6-7,9,11-13,15,17-19,21,23-24,29-31,33,35-36,38,40-71H2,1-5H3/p+1/b10-8-,16-14-,22-20-,27-25-,28-26-,34-32-,39-37-. The van der Waals surface area contributed by atoms with Gasteiger partial charge in [-0.2, -0.15) is 0 Å². The molecule has 1 N–H and O–H groups in total. The molecule has 84 heavy (non-hydrogen) atoms. The van der Waals surface area contributed by atoms with E-state index in [2.05, 4.69) is 98.9 Å². The van der Waals surface area contributed by atoms with Crippen molar-refractivity contribution in [1.82, 2.24) is 0 Å². The second kappa shape index (κ2) is 64.7. The number of hydrogen-bond donors (Lipinski definition) is 1. The summed E-state index contributed by atoms with van der Waals surface area (Å²) >= 11 is 0. The van der Waals surface area contributed by atoms with E-state index in [4.69, 9.17) is 18.5 Å². The minimum atomic E-state index is -4.40. The average Bonchev–Trinajstić information content (AvgIpc) is 3.61. The molecule has 2 atom stereocenters. The minimum absolute atomic E-state index is 0.0298. The molecule has 0 amide bonds. The van der Waals surface area contributed by atoms with Crippen molar-refractivity contribution in [2.24, 2.45) is 0 Å². The van der Waals surface area contributed by atoms with Crippen molar-refractivity contribution in [3.8, 4) is 0 Å². The van der Waals surface area contributed by atoms with Crippen LogP contribution in [0.5, 0.6) is 0 Å². The maximum Gasteiger partial charge on any atom is 0.472 e. The molecule has 0 aliphatic carbocycles. The van der Waals surface area contributed by atoms with E-state index >= 15 is 0 Å². The molecule has 2 unspecified atom stereocenters. The van der Waals surface area contributed by atoms with Crippen molar-refractivity contribution in [3.63, 3.8) is 0 Å². The second-order valence-electron chi connectivity index (χ2n) is 24.9.